The van der Waals surface area contributed by atoms with E-state index in [1.807, 2.05) is 26.0 Å². The first-order valence-corrected chi connectivity index (χ1v) is 6.45. The number of hydrogen-bond donors (Lipinski definition) is 2. The molecule has 1 heterocycles. The van der Waals surface area contributed by atoms with Gasteiger partial charge in [-0.1, -0.05) is 13.8 Å². The number of aliphatic carboxylic acids is 1. The topological polar surface area (TPSA) is 77.0 Å². The smallest absolute Gasteiger partial charge is 0.320 e. The zero-order chi connectivity index (χ0) is 14.7. The average Bonchev–Trinajstić information content (AvgIpc) is 2.85. The molecule has 6 heteroatoms. The molecule has 1 unspecified atom stereocenters. The Kier molecular flexibility index (Phi) is 4.34. The molecule has 2 rings (SSSR count). The number of fused-ring (bicyclic) bond motifs is 1. The minimum atomic E-state index is -0.854. The van der Waals surface area contributed by atoms with E-state index in [0.717, 1.165) is 5.56 Å². The summed E-state index contributed by atoms with van der Waals surface area (Å²) in [7, 11) is 1.56. The number of rotatable bonds is 6. The van der Waals surface area contributed by atoms with Crippen molar-refractivity contribution in [2.24, 2.45) is 5.92 Å². The Labute approximate surface area is 117 Å². The highest BCUT2D eigenvalue weighted by atomic mass is 16.7. The third-order valence-corrected chi connectivity index (χ3v) is 3.18. The quantitative estimate of drug-likeness (QED) is 0.825. The third kappa shape index (κ3) is 2.96. The molecular weight excluding hydrogens is 262 g/mol. The van der Waals surface area contributed by atoms with Gasteiger partial charge in [0.05, 0.1) is 7.11 Å². The van der Waals surface area contributed by atoms with Gasteiger partial charge in [0.2, 0.25) is 12.5 Å². The van der Waals surface area contributed by atoms with Gasteiger partial charge in [0.1, 0.15) is 6.04 Å². The molecule has 0 radical (unpaired) electrons. The maximum Gasteiger partial charge on any atom is 0.320 e. The molecular formula is C14H19NO5. The molecule has 0 amide bonds. The van der Waals surface area contributed by atoms with E-state index in [1.165, 1.54) is 0 Å². The molecule has 1 aromatic rings. The molecule has 2 N–H and O–H groups in total. The van der Waals surface area contributed by atoms with Crippen LogP contribution in [-0.2, 0) is 11.3 Å². The minimum Gasteiger partial charge on any atom is -0.493 e. The van der Waals surface area contributed by atoms with E-state index in [0.29, 0.717) is 23.8 Å². The largest absolute Gasteiger partial charge is 0.493 e. The summed E-state index contributed by atoms with van der Waals surface area (Å²) in [5.74, 6) is 0.955. The van der Waals surface area contributed by atoms with E-state index in [2.05, 4.69) is 5.32 Å². The van der Waals surface area contributed by atoms with E-state index < -0.39 is 12.0 Å². The molecule has 0 saturated heterocycles. The van der Waals surface area contributed by atoms with Crippen molar-refractivity contribution in [2.45, 2.75) is 26.4 Å². The normalized spacial score (nSPS) is 14.4. The number of nitrogens with one attached hydrogen (secondary N) is 1. The average molecular weight is 281 g/mol. The predicted molar refractivity (Wildman–Crippen MR) is 72.2 cm³/mol. The second-order valence-corrected chi connectivity index (χ2v) is 4.97. The maximum atomic E-state index is 11.1. The van der Waals surface area contributed by atoms with Crippen molar-refractivity contribution in [1.29, 1.82) is 0 Å². The summed E-state index contributed by atoms with van der Waals surface area (Å²) >= 11 is 0. The third-order valence-electron chi connectivity index (χ3n) is 3.18. The SMILES string of the molecule is COc1cc(CNC(C(=O)O)C(C)C)cc2c1OCO2. The number of carboxylic acids is 1. The van der Waals surface area contributed by atoms with E-state index in [9.17, 15) is 4.79 Å². The fraction of sp³-hybridized carbons (Fsp3) is 0.500. The molecule has 20 heavy (non-hydrogen) atoms. The molecule has 6 nitrogen and oxygen atoms in total. The van der Waals surface area contributed by atoms with Crippen molar-refractivity contribution < 1.29 is 24.1 Å². The Hall–Kier alpha value is -1.95. The Morgan fingerprint density at radius 3 is 2.80 bits per heavy atom. The Bertz CT molecular complexity index is 501. The number of benzene rings is 1. The van der Waals surface area contributed by atoms with Gasteiger partial charge in [-0.3, -0.25) is 4.79 Å². The molecule has 0 aliphatic carbocycles. The molecule has 1 aromatic carbocycles. The van der Waals surface area contributed by atoms with Crippen LogP contribution in [0, 0.1) is 5.92 Å². The summed E-state index contributed by atoms with van der Waals surface area (Å²) in [6.45, 7) is 4.33. The van der Waals surface area contributed by atoms with Crippen LogP contribution in [0.15, 0.2) is 12.1 Å². The minimum absolute atomic E-state index is 0.00315. The predicted octanol–water partition coefficient (Wildman–Crippen LogP) is 1.62. The highest BCUT2D eigenvalue weighted by Gasteiger charge is 2.23. The molecule has 0 bridgehead atoms. The van der Waals surface area contributed by atoms with Crippen LogP contribution >= 0.6 is 0 Å². The summed E-state index contributed by atoms with van der Waals surface area (Å²) in [6, 6.07) is 3.06. The number of carbonyl (C=O) groups is 1. The lowest BCUT2D eigenvalue weighted by atomic mass is 10.0. The number of ether oxygens (including phenoxy) is 3. The van der Waals surface area contributed by atoms with Crippen molar-refractivity contribution in [3.8, 4) is 17.2 Å². The molecule has 110 valence electrons. The molecule has 1 atom stereocenters. The van der Waals surface area contributed by atoms with Crippen molar-refractivity contribution >= 4 is 5.97 Å². The lowest BCUT2D eigenvalue weighted by Crippen LogP contribution is -2.40. The van der Waals surface area contributed by atoms with Gasteiger partial charge in [-0.25, -0.2) is 0 Å². The summed E-state index contributed by atoms with van der Waals surface area (Å²) in [5.41, 5.74) is 0.887. The zero-order valence-electron chi connectivity index (χ0n) is 11.8. The van der Waals surface area contributed by atoms with Crippen molar-refractivity contribution in [3.05, 3.63) is 17.7 Å². The van der Waals surface area contributed by atoms with E-state index in [-0.39, 0.29) is 12.7 Å². The molecule has 0 fully saturated rings. The molecule has 1 aliphatic heterocycles. The van der Waals surface area contributed by atoms with Gasteiger partial charge in [0.25, 0.3) is 0 Å². The lowest BCUT2D eigenvalue weighted by Gasteiger charge is -2.18. The summed E-state index contributed by atoms with van der Waals surface area (Å²) in [5, 5.41) is 12.2. The van der Waals surface area contributed by atoms with Crippen molar-refractivity contribution in [2.75, 3.05) is 13.9 Å². The highest BCUT2D eigenvalue weighted by Crippen LogP contribution is 2.41. The summed E-state index contributed by atoms with van der Waals surface area (Å²) in [6.07, 6.45) is 0. The van der Waals surface area contributed by atoms with E-state index >= 15 is 0 Å². The van der Waals surface area contributed by atoms with Crippen LogP contribution in [0.25, 0.3) is 0 Å². The highest BCUT2D eigenvalue weighted by molar-refractivity contribution is 5.73. The fourth-order valence-electron chi connectivity index (χ4n) is 2.12. The van der Waals surface area contributed by atoms with E-state index in [1.54, 1.807) is 7.11 Å². The van der Waals surface area contributed by atoms with Gasteiger partial charge < -0.3 is 24.6 Å². The van der Waals surface area contributed by atoms with Gasteiger partial charge in [-0.05, 0) is 23.6 Å². The zero-order valence-corrected chi connectivity index (χ0v) is 11.8. The van der Waals surface area contributed by atoms with Crippen molar-refractivity contribution in [1.82, 2.24) is 5.32 Å². The Morgan fingerprint density at radius 2 is 2.20 bits per heavy atom. The first-order chi connectivity index (χ1) is 9.52. The molecule has 0 aromatic heterocycles. The van der Waals surface area contributed by atoms with Crippen LogP contribution < -0.4 is 19.5 Å². The standard InChI is InChI=1S/C14H19NO5/c1-8(2)12(14(16)17)15-6-9-4-10(18-3)13-11(5-9)19-7-20-13/h4-5,8,12,15H,6-7H2,1-3H3,(H,16,17). The monoisotopic (exact) mass is 281 g/mol. The first-order valence-electron chi connectivity index (χ1n) is 6.45. The van der Waals surface area contributed by atoms with Gasteiger partial charge in [-0.15, -0.1) is 0 Å². The van der Waals surface area contributed by atoms with Crippen molar-refractivity contribution in [3.63, 3.8) is 0 Å². The second-order valence-electron chi connectivity index (χ2n) is 4.97. The van der Waals surface area contributed by atoms with Crippen LogP contribution in [0.3, 0.4) is 0 Å². The first kappa shape index (κ1) is 14.5. The number of carboxylic acid groups (broad SMARTS) is 1. The molecule has 0 spiro atoms. The van der Waals surface area contributed by atoms with Gasteiger partial charge in [0, 0.05) is 6.54 Å². The lowest BCUT2D eigenvalue weighted by molar-refractivity contribution is -0.140. The number of hydrogen-bond acceptors (Lipinski definition) is 5. The molecule has 1 aliphatic rings. The maximum absolute atomic E-state index is 11.1. The van der Waals surface area contributed by atoms with E-state index in [4.69, 9.17) is 19.3 Å². The number of methoxy groups -OCH3 is 1. The van der Waals surface area contributed by atoms with Gasteiger partial charge in [-0.2, -0.15) is 0 Å². The van der Waals surface area contributed by atoms with Crippen LogP contribution in [0.1, 0.15) is 19.4 Å². The second kappa shape index (κ2) is 6.00. The summed E-state index contributed by atoms with van der Waals surface area (Å²) < 4.78 is 15.9. The van der Waals surface area contributed by atoms with Crippen LogP contribution in [-0.4, -0.2) is 31.0 Å². The van der Waals surface area contributed by atoms with Crippen LogP contribution in [0.5, 0.6) is 17.2 Å². The Balaban J connectivity index is 2.12. The fourth-order valence-corrected chi connectivity index (χ4v) is 2.12. The summed E-state index contributed by atoms with van der Waals surface area (Å²) in [4.78, 5) is 11.1. The Morgan fingerprint density at radius 1 is 1.45 bits per heavy atom. The van der Waals surface area contributed by atoms with Gasteiger partial charge in [0.15, 0.2) is 11.5 Å². The van der Waals surface area contributed by atoms with Crippen LogP contribution in [0.2, 0.25) is 0 Å². The van der Waals surface area contributed by atoms with Crippen LogP contribution in [0.4, 0.5) is 0 Å². The van der Waals surface area contributed by atoms with Gasteiger partial charge >= 0.3 is 5.97 Å². The molecule has 0 saturated carbocycles.